The third-order valence-electron chi connectivity index (χ3n) is 5.50. The Hall–Kier alpha value is -0.870. The number of hydrogen-bond donors (Lipinski definition) is 1. The van der Waals surface area contributed by atoms with Gasteiger partial charge in [-0.15, -0.1) is 0 Å². The number of piperidine rings is 2. The third-order valence-corrected chi connectivity index (χ3v) is 5.50. The molecule has 1 N–H and O–H groups in total. The van der Waals surface area contributed by atoms with Gasteiger partial charge in [-0.2, -0.15) is 5.10 Å². The van der Waals surface area contributed by atoms with E-state index in [4.69, 9.17) is 0 Å². The minimum Gasteiger partial charge on any atom is -0.314 e. The predicted molar refractivity (Wildman–Crippen MR) is 86.2 cm³/mol. The Bertz CT molecular complexity index is 453. The van der Waals surface area contributed by atoms with Crippen molar-refractivity contribution in [2.75, 3.05) is 6.54 Å². The van der Waals surface area contributed by atoms with Crippen molar-refractivity contribution in [3.63, 3.8) is 0 Å². The topological polar surface area (TPSA) is 33.1 Å². The van der Waals surface area contributed by atoms with Crippen LogP contribution in [0.15, 0.2) is 6.20 Å². The average Bonchev–Trinajstić information content (AvgIpc) is 2.77. The van der Waals surface area contributed by atoms with Crippen molar-refractivity contribution in [1.29, 1.82) is 0 Å². The molecule has 3 heterocycles. The summed E-state index contributed by atoms with van der Waals surface area (Å²) in [5, 5.41) is 8.17. The summed E-state index contributed by atoms with van der Waals surface area (Å²) in [6.45, 7) is 6.71. The van der Waals surface area contributed by atoms with Crippen LogP contribution in [0, 0.1) is 6.92 Å². The SMILES string of the molecule is CCCNC1CC2CCCC(C1)N2Cc1cnn(C)c1C. The fourth-order valence-corrected chi connectivity index (χ4v) is 4.15. The van der Waals surface area contributed by atoms with Crippen molar-refractivity contribution in [3.05, 3.63) is 17.5 Å². The molecule has 3 rings (SSSR count). The van der Waals surface area contributed by atoms with E-state index in [0.717, 1.165) is 24.7 Å². The Balaban J connectivity index is 1.67. The maximum Gasteiger partial charge on any atom is 0.0537 e. The molecule has 118 valence electrons. The summed E-state index contributed by atoms with van der Waals surface area (Å²) in [7, 11) is 2.04. The molecule has 0 saturated carbocycles. The Labute approximate surface area is 128 Å². The molecular formula is C17H30N4. The van der Waals surface area contributed by atoms with Gasteiger partial charge in [-0.05, 0) is 45.6 Å². The monoisotopic (exact) mass is 290 g/mol. The highest BCUT2D eigenvalue weighted by Gasteiger charge is 2.38. The van der Waals surface area contributed by atoms with E-state index in [-0.39, 0.29) is 0 Å². The van der Waals surface area contributed by atoms with Gasteiger partial charge in [0.1, 0.15) is 0 Å². The van der Waals surface area contributed by atoms with E-state index in [1.807, 2.05) is 11.7 Å². The minimum absolute atomic E-state index is 0.742. The molecule has 0 radical (unpaired) electrons. The zero-order chi connectivity index (χ0) is 14.8. The van der Waals surface area contributed by atoms with Crippen LogP contribution in [0.25, 0.3) is 0 Å². The maximum atomic E-state index is 4.41. The van der Waals surface area contributed by atoms with Gasteiger partial charge in [-0.1, -0.05) is 13.3 Å². The molecule has 2 aliphatic heterocycles. The molecule has 2 saturated heterocycles. The van der Waals surface area contributed by atoms with Crippen molar-refractivity contribution < 1.29 is 0 Å². The molecule has 1 aromatic rings. The number of rotatable bonds is 5. The zero-order valence-electron chi connectivity index (χ0n) is 13.8. The van der Waals surface area contributed by atoms with Crippen LogP contribution in [-0.2, 0) is 13.6 Å². The first-order valence-corrected chi connectivity index (χ1v) is 8.65. The molecule has 2 aliphatic rings. The van der Waals surface area contributed by atoms with Gasteiger partial charge in [-0.3, -0.25) is 9.58 Å². The number of hydrogen-bond acceptors (Lipinski definition) is 3. The Morgan fingerprint density at radius 3 is 2.57 bits per heavy atom. The summed E-state index contributed by atoms with van der Waals surface area (Å²) in [5.74, 6) is 0. The highest BCUT2D eigenvalue weighted by atomic mass is 15.3. The molecular weight excluding hydrogens is 260 g/mol. The van der Waals surface area contributed by atoms with E-state index >= 15 is 0 Å². The summed E-state index contributed by atoms with van der Waals surface area (Å²) in [6, 6.07) is 2.28. The van der Waals surface area contributed by atoms with E-state index in [1.54, 1.807) is 0 Å². The van der Waals surface area contributed by atoms with Gasteiger partial charge >= 0.3 is 0 Å². The van der Waals surface area contributed by atoms with Gasteiger partial charge in [0.05, 0.1) is 6.20 Å². The van der Waals surface area contributed by atoms with E-state index in [0.29, 0.717) is 0 Å². The Kier molecular flexibility index (Phi) is 4.65. The minimum atomic E-state index is 0.742. The van der Waals surface area contributed by atoms with E-state index in [2.05, 4.69) is 35.4 Å². The average molecular weight is 290 g/mol. The highest BCUT2D eigenvalue weighted by molar-refractivity contribution is 5.16. The van der Waals surface area contributed by atoms with Gasteiger partial charge in [0.15, 0.2) is 0 Å². The second-order valence-corrected chi connectivity index (χ2v) is 6.91. The first-order valence-electron chi connectivity index (χ1n) is 8.65. The fourth-order valence-electron chi connectivity index (χ4n) is 4.15. The Morgan fingerprint density at radius 2 is 2.00 bits per heavy atom. The standard InChI is InChI=1S/C17H30N4/c1-4-8-18-15-9-16-6-5-7-17(10-15)21(16)12-14-11-19-20(3)13(14)2/h11,15-18H,4-10,12H2,1-3H3. The van der Waals surface area contributed by atoms with Crippen LogP contribution in [0.4, 0.5) is 0 Å². The van der Waals surface area contributed by atoms with Crippen LogP contribution in [0.2, 0.25) is 0 Å². The van der Waals surface area contributed by atoms with E-state index < -0.39 is 0 Å². The van der Waals surface area contributed by atoms with Crippen molar-refractivity contribution in [2.45, 2.75) is 77.0 Å². The predicted octanol–water partition coefficient (Wildman–Crippen LogP) is 2.61. The summed E-state index contributed by atoms with van der Waals surface area (Å²) in [4.78, 5) is 2.78. The lowest BCUT2D eigenvalue weighted by atomic mass is 9.81. The van der Waals surface area contributed by atoms with E-state index in [9.17, 15) is 0 Å². The number of nitrogens with one attached hydrogen (secondary N) is 1. The number of nitrogens with zero attached hydrogens (tertiary/aromatic N) is 3. The van der Waals surface area contributed by atoms with Crippen LogP contribution < -0.4 is 5.32 Å². The molecule has 4 nitrogen and oxygen atoms in total. The highest BCUT2D eigenvalue weighted by Crippen LogP contribution is 2.35. The molecule has 0 amide bonds. The lowest BCUT2D eigenvalue weighted by Gasteiger charge is -2.49. The van der Waals surface area contributed by atoms with Crippen molar-refractivity contribution >= 4 is 0 Å². The lowest BCUT2D eigenvalue weighted by Crippen LogP contribution is -2.55. The van der Waals surface area contributed by atoms with Gasteiger partial charge in [0, 0.05) is 43.0 Å². The fraction of sp³-hybridized carbons (Fsp3) is 0.824. The van der Waals surface area contributed by atoms with Gasteiger partial charge < -0.3 is 5.32 Å². The van der Waals surface area contributed by atoms with Crippen LogP contribution in [0.3, 0.4) is 0 Å². The summed E-state index contributed by atoms with van der Waals surface area (Å²) < 4.78 is 2.00. The van der Waals surface area contributed by atoms with Crippen LogP contribution in [0.5, 0.6) is 0 Å². The molecule has 2 unspecified atom stereocenters. The molecule has 4 heteroatoms. The lowest BCUT2D eigenvalue weighted by molar-refractivity contribution is 0.0176. The van der Waals surface area contributed by atoms with Gasteiger partial charge in [0.25, 0.3) is 0 Å². The molecule has 0 aromatic carbocycles. The number of fused-ring (bicyclic) bond motifs is 2. The second-order valence-electron chi connectivity index (χ2n) is 6.91. The molecule has 0 spiro atoms. The first-order chi connectivity index (χ1) is 10.2. The largest absolute Gasteiger partial charge is 0.314 e. The first kappa shape index (κ1) is 15.0. The van der Waals surface area contributed by atoms with E-state index in [1.165, 1.54) is 56.3 Å². The van der Waals surface area contributed by atoms with Crippen molar-refractivity contribution in [2.24, 2.45) is 7.05 Å². The van der Waals surface area contributed by atoms with Crippen LogP contribution in [0.1, 0.15) is 56.7 Å². The van der Waals surface area contributed by atoms with Crippen molar-refractivity contribution in [3.8, 4) is 0 Å². The smallest absolute Gasteiger partial charge is 0.0537 e. The summed E-state index contributed by atoms with van der Waals surface area (Å²) in [5.41, 5.74) is 2.73. The molecule has 2 fully saturated rings. The molecule has 0 aliphatic carbocycles. The number of aryl methyl sites for hydroxylation is 1. The van der Waals surface area contributed by atoms with Crippen LogP contribution >= 0.6 is 0 Å². The van der Waals surface area contributed by atoms with Gasteiger partial charge in [-0.25, -0.2) is 0 Å². The normalized spacial score (nSPS) is 29.8. The summed E-state index contributed by atoms with van der Waals surface area (Å²) in [6.07, 6.45) is 10.1. The second kappa shape index (κ2) is 6.49. The van der Waals surface area contributed by atoms with Crippen molar-refractivity contribution in [1.82, 2.24) is 20.0 Å². The molecule has 2 atom stereocenters. The molecule has 21 heavy (non-hydrogen) atoms. The Morgan fingerprint density at radius 1 is 1.29 bits per heavy atom. The molecule has 2 bridgehead atoms. The zero-order valence-corrected chi connectivity index (χ0v) is 13.8. The third kappa shape index (κ3) is 3.16. The summed E-state index contributed by atoms with van der Waals surface area (Å²) >= 11 is 0. The van der Waals surface area contributed by atoms with Gasteiger partial charge in [0.2, 0.25) is 0 Å². The van der Waals surface area contributed by atoms with Crippen LogP contribution in [-0.4, -0.2) is 39.4 Å². The molecule has 1 aromatic heterocycles. The quantitative estimate of drug-likeness (QED) is 0.905. The maximum absolute atomic E-state index is 4.41. The number of aromatic nitrogens is 2.